The van der Waals surface area contributed by atoms with Gasteiger partial charge in [0.1, 0.15) is 11.6 Å². The lowest BCUT2D eigenvalue weighted by Crippen LogP contribution is -2.37. The van der Waals surface area contributed by atoms with E-state index in [1.165, 1.54) is 12.1 Å². The van der Waals surface area contributed by atoms with Gasteiger partial charge < -0.3 is 15.4 Å². The van der Waals surface area contributed by atoms with Gasteiger partial charge in [-0.25, -0.2) is 4.39 Å². The lowest BCUT2D eigenvalue weighted by molar-refractivity contribution is -0.127. The van der Waals surface area contributed by atoms with Gasteiger partial charge in [0.05, 0.1) is 0 Å². The van der Waals surface area contributed by atoms with Gasteiger partial charge in [-0.2, -0.15) is 0 Å². The van der Waals surface area contributed by atoms with Gasteiger partial charge in [0.25, 0.3) is 5.91 Å². The fraction of sp³-hybridized carbons (Fsp3) is 0.562. The van der Waals surface area contributed by atoms with E-state index < -0.39 is 6.10 Å². The lowest BCUT2D eigenvalue weighted by Gasteiger charge is -2.20. The van der Waals surface area contributed by atoms with Gasteiger partial charge in [0.2, 0.25) is 0 Å². The fourth-order valence-electron chi connectivity index (χ4n) is 2.17. The van der Waals surface area contributed by atoms with Crippen LogP contribution in [0, 0.1) is 5.82 Å². The van der Waals surface area contributed by atoms with Crippen LogP contribution in [0.5, 0.6) is 5.75 Å². The van der Waals surface area contributed by atoms with E-state index in [9.17, 15) is 9.18 Å². The maximum atomic E-state index is 13.5. The van der Waals surface area contributed by atoms with Gasteiger partial charge in [-0.15, -0.1) is 0 Å². The van der Waals surface area contributed by atoms with E-state index in [0.717, 1.165) is 24.9 Å². The first kappa shape index (κ1) is 15.8. The fourth-order valence-corrected chi connectivity index (χ4v) is 2.17. The van der Waals surface area contributed by atoms with Crippen LogP contribution in [0.25, 0.3) is 0 Å². The van der Waals surface area contributed by atoms with Crippen LogP contribution in [0.4, 0.5) is 4.39 Å². The summed E-state index contributed by atoms with van der Waals surface area (Å²) in [5.74, 6) is -0.0991. The van der Waals surface area contributed by atoms with Crippen LogP contribution in [0.1, 0.15) is 45.2 Å². The number of carbonyl (C=O) groups is 1. The third kappa shape index (κ3) is 4.43. The van der Waals surface area contributed by atoms with Gasteiger partial charge >= 0.3 is 0 Å². The zero-order valence-electron chi connectivity index (χ0n) is 12.8. The summed E-state index contributed by atoms with van der Waals surface area (Å²) in [4.78, 5) is 11.9. The first-order chi connectivity index (χ1) is 10.0. The van der Waals surface area contributed by atoms with E-state index in [1.807, 2.05) is 13.8 Å². The summed E-state index contributed by atoms with van der Waals surface area (Å²) in [6.07, 6.45) is 1.42. The van der Waals surface area contributed by atoms with Crippen molar-refractivity contribution >= 4 is 5.91 Å². The van der Waals surface area contributed by atoms with Crippen molar-refractivity contribution in [1.82, 2.24) is 10.6 Å². The maximum absolute atomic E-state index is 13.5. The minimum Gasteiger partial charge on any atom is -0.480 e. The molecule has 0 aromatic heterocycles. The molecule has 1 aromatic carbocycles. The third-order valence-corrected chi connectivity index (χ3v) is 3.55. The van der Waals surface area contributed by atoms with E-state index in [0.29, 0.717) is 5.75 Å². The summed E-state index contributed by atoms with van der Waals surface area (Å²) in [5.41, 5.74) is 0.851. The number of halogens is 1. The number of hydrogen-bond donors (Lipinski definition) is 2. The van der Waals surface area contributed by atoms with Crippen molar-refractivity contribution in [2.75, 3.05) is 6.54 Å². The molecule has 0 aliphatic heterocycles. The lowest BCUT2D eigenvalue weighted by atomic mass is 10.1. The Morgan fingerprint density at radius 1 is 1.43 bits per heavy atom. The summed E-state index contributed by atoms with van der Waals surface area (Å²) in [6, 6.07) is 4.76. The zero-order chi connectivity index (χ0) is 15.4. The second-order valence-corrected chi connectivity index (χ2v) is 5.50. The van der Waals surface area contributed by atoms with Crippen molar-refractivity contribution in [1.29, 1.82) is 0 Å². The van der Waals surface area contributed by atoms with Crippen molar-refractivity contribution < 1.29 is 13.9 Å². The van der Waals surface area contributed by atoms with E-state index in [1.54, 1.807) is 13.0 Å². The molecular formula is C16H23FN2O2. The van der Waals surface area contributed by atoms with E-state index in [4.69, 9.17) is 4.74 Å². The predicted molar refractivity (Wildman–Crippen MR) is 79.7 cm³/mol. The molecule has 1 aromatic rings. The van der Waals surface area contributed by atoms with E-state index in [-0.39, 0.29) is 23.8 Å². The van der Waals surface area contributed by atoms with Gasteiger partial charge in [-0.3, -0.25) is 4.79 Å². The molecular weight excluding hydrogens is 271 g/mol. The van der Waals surface area contributed by atoms with Gasteiger partial charge in [-0.05, 0) is 39.3 Å². The number of rotatable bonds is 7. The van der Waals surface area contributed by atoms with Crippen LogP contribution in [0.15, 0.2) is 18.2 Å². The smallest absolute Gasteiger partial charge is 0.260 e. The molecule has 0 heterocycles. The number of amides is 1. The van der Waals surface area contributed by atoms with Crippen molar-refractivity contribution in [2.24, 2.45) is 0 Å². The Hall–Kier alpha value is -1.62. The summed E-state index contributed by atoms with van der Waals surface area (Å²) in [7, 11) is 0. The quantitative estimate of drug-likeness (QED) is 0.812. The largest absolute Gasteiger partial charge is 0.480 e. The molecule has 2 rings (SSSR count). The molecule has 116 valence electrons. The highest BCUT2D eigenvalue weighted by Crippen LogP contribution is 2.27. The van der Waals surface area contributed by atoms with Crippen molar-refractivity contribution in [3.05, 3.63) is 29.6 Å². The van der Waals surface area contributed by atoms with Crippen molar-refractivity contribution in [3.63, 3.8) is 0 Å². The van der Waals surface area contributed by atoms with Gasteiger partial charge in [0.15, 0.2) is 6.10 Å². The normalized spacial score (nSPS) is 17.1. The van der Waals surface area contributed by atoms with E-state index in [2.05, 4.69) is 10.6 Å². The molecule has 21 heavy (non-hydrogen) atoms. The Morgan fingerprint density at radius 2 is 2.14 bits per heavy atom. The second-order valence-electron chi connectivity index (χ2n) is 5.50. The minimum atomic E-state index is -0.639. The molecule has 1 amide bonds. The molecule has 0 bridgehead atoms. The monoisotopic (exact) mass is 294 g/mol. The molecule has 0 radical (unpaired) electrons. The Bertz CT molecular complexity index is 503. The standard InChI is InChI=1S/C16H23FN2O2/c1-4-18-10(2)14-8-5-12(17)9-15(14)21-11(3)16(20)19-13-6-7-13/h5,8-11,13,18H,4,6-7H2,1-3H3,(H,19,20). The first-order valence-corrected chi connectivity index (χ1v) is 7.51. The first-order valence-electron chi connectivity index (χ1n) is 7.51. The molecule has 2 N–H and O–H groups in total. The molecule has 1 aliphatic carbocycles. The highest BCUT2D eigenvalue weighted by Gasteiger charge is 2.27. The number of nitrogens with one attached hydrogen (secondary N) is 2. The Balaban J connectivity index is 2.09. The van der Waals surface area contributed by atoms with Crippen LogP contribution in [-0.4, -0.2) is 24.6 Å². The Kier molecular flexibility index (Phi) is 5.17. The van der Waals surface area contributed by atoms with Crippen LogP contribution in [0.2, 0.25) is 0 Å². The third-order valence-electron chi connectivity index (χ3n) is 3.55. The van der Waals surface area contributed by atoms with E-state index >= 15 is 0 Å². The molecule has 0 spiro atoms. The molecule has 2 atom stereocenters. The number of ether oxygens (including phenoxy) is 1. The van der Waals surface area contributed by atoms with Gasteiger partial charge in [-0.1, -0.05) is 13.0 Å². The van der Waals surface area contributed by atoms with Crippen LogP contribution in [-0.2, 0) is 4.79 Å². The maximum Gasteiger partial charge on any atom is 0.260 e. The topological polar surface area (TPSA) is 50.4 Å². The summed E-state index contributed by atoms with van der Waals surface area (Å²) < 4.78 is 19.2. The summed E-state index contributed by atoms with van der Waals surface area (Å²) >= 11 is 0. The molecule has 4 nitrogen and oxygen atoms in total. The molecule has 0 saturated heterocycles. The van der Waals surface area contributed by atoms with Crippen LogP contribution in [0.3, 0.4) is 0 Å². The molecule has 2 unspecified atom stereocenters. The Morgan fingerprint density at radius 3 is 2.76 bits per heavy atom. The molecule has 1 aliphatic rings. The van der Waals surface area contributed by atoms with Crippen molar-refractivity contribution in [2.45, 2.75) is 51.8 Å². The number of carbonyl (C=O) groups excluding carboxylic acids is 1. The molecule has 1 fully saturated rings. The minimum absolute atomic E-state index is 0.0318. The van der Waals surface area contributed by atoms with Gasteiger partial charge in [0, 0.05) is 23.7 Å². The highest BCUT2D eigenvalue weighted by molar-refractivity contribution is 5.81. The summed E-state index contributed by atoms with van der Waals surface area (Å²) in [5, 5.41) is 6.15. The Labute approximate surface area is 125 Å². The summed E-state index contributed by atoms with van der Waals surface area (Å²) in [6.45, 7) is 6.48. The second kappa shape index (κ2) is 6.89. The predicted octanol–water partition coefficient (Wildman–Crippen LogP) is 2.54. The molecule has 1 saturated carbocycles. The average molecular weight is 294 g/mol. The average Bonchev–Trinajstić information content (AvgIpc) is 3.23. The number of benzene rings is 1. The number of hydrogen-bond acceptors (Lipinski definition) is 3. The highest BCUT2D eigenvalue weighted by atomic mass is 19.1. The SMILES string of the molecule is CCNC(C)c1ccc(F)cc1OC(C)C(=O)NC1CC1. The van der Waals surface area contributed by atoms with Crippen LogP contribution >= 0.6 is 0 Å². The molecule has 5 heteroatoms. The van der Waals surface area contributed by atoms with Crippen LogP contribution < -0.4 is 15.4 Å². The van der Waals surface area contributed by atoms with Crippen molar-refractivity contribution in [3.8, 4) is 5.75 Å². The zero-order valence-corrected chi connectivity index (χ0v) is 12.8.